The lowest BCUT2D eigenvalue weighted by atomic mass is 10.0. The zero-order valence-corrected chi connectivity index (χ0v) is 16.0. The first-order valence-corrected chi connectivity index (χ1v) is 9.09. The van der Waals surface area contributed by atoms with Gasteiger partial charge in [0.1, 0.15) is 0 Å². The van der Waals surface area contributed by atoms with Crippen molar-refractivity contribution in [2.24, 2.45) is 0 Å². The van der Waals surface area contributed by atoms with Crippen LogP contribution in [0.2, 0.25) is 5.02 Å². The maximum atomic E-state index is 12.5. The molecule has 1 N–H and O–H groups in total. The number of hydrogen-bond donors (Lipinski definition) is 1. The van der Waals surface area contributed by atoms with Crippen LogP contribution in [0.25, 0.3) is 5.69 Å². The molecular weight excluding hydrogens is 354 g/mol. The molecule has 0 aliphatic carbocycles. The van der Waals surface area contributed by atoms with Gasteiger partial charge < -0.3 is 10.1 Å². The highest BCUT2D eigenvalue weighted by atomic mass is 35.5. The fraction of sp³-hybridized carbons (Fsp3) is 0.421. The van der Waals surface area contributed by atoms with E-state index in [2.05, 4.69) is 10.4 Å². The number of nitrogens with zero attached hydrogens (tertiary/aromatic N) is 2. The average molecular weight is 378 g/mol. The molecule has 7 heteroatoms. The molecule has 26 heavy (non-hydrogen) atoms. The van der Waals surface area contributed by atoms with Gasteiger partial charge in [-0.15, -0.1) is 0 Å². The lowest BCUT2D eigenvalue weighted by Gasteiger charge is -2.13. The van der Waals surface area contributed by atoms with E-state index < -0.39 is 0 Å². The fourth-order valence-electron chi connectivity index (χ4n) is 2.54. The second kappa shape index (κ2) is 9.38. The molecule has 6 nitrogen and oxygen atoms in total. The van der Waals surface area contributed by atoms with Crippen LogP contribution in [0.4, 0.5) is 0 Å². The molecule has 0 saturated heterocycles. The average Bonchev–Trinajstić information content (AvgIpc) is 3.06. The van der Waals surface area contributed by atoms with Gasteiger partial charge in [-0.1, -0.05) is 32.4 Å². The van der Waals surface area contributed by atoms with E-state index in [-0.39, 0.29) is 30.8 Å². The molecule has 1 aromatic carbocycles. The van der Waals surface area contributed by atoms with E-state index in [9.17, 15) is 9.59 Å². The number of carbonyl (C=O) groups excluding carboxylic acids is 2. The predicted octanol–water partition coefficient (Wildman–Crippen LogP) is 3.72. The molecule has 0 fully saturated rings. The molecule has 1 amide bonds. The second-order valence-electron chi connectivity index (χ2n) is 6.21. The van der Waals surface area contributed by atoms with Crippen LogP contribution >= 0.6 is 11.6 Å². The van der Waals surface area contributed by atoms with Crippen molar-refractivity contribution in [1.82, 2.24) is 15.1 Å². The van der Waals surface area contributed by atoms with E-state index in [1.807, 2.05) is 32.9 Å². The summed E-state index contributed by atoms with van der Waals surface area (Å²) in [5.41, 5.74) is 2.13. The van der Waals surface area contributed by atoms with Crippen molar-refractivity contribution in [3.05, 3.63) is 46.7 Å². The number of carbonyl (C=O) groups is 2. The topological polar surface area (TPSA) is 73.2 Å². The van der Waals surface area contributed by atoms with Crippen LogP contribution in [0.1, 0.15) is 55.6 Å². The highest BCUT2D eigenvalue weighted by molar-refractivity contribution is 6.30. The van der Waals surface area contributed by atoms with Crippen LogP contribution in [0.15, 0.2) is 30.5 Å². The van der Waals surface area contributed by atoms with Crippen molar-refractivity contribution in [2.45, 2.75) is 39.5 Å². The van der Waals surface area contributed by atoms with Crippen LogP contribution in [0, 0.1) is 0 Å². The van der Waals surface area contributed by atoms with Crippen molar-refractivity contribution in [3.63, 3.8) is 0 Å². The molecule has 0 saturated carbocycles. The quantitative estimate of drug-likeness (QED) is 0.711. The lowest BCUT2D eigenvalue weighted by Crippen LogP contribution is -2.27. The molecule has 0 spiro atoms. The van der Waals surface area contributed by atoms with E-state index in [0.29, 0.717) is 17.2 Å². The number of nitrogens with one attached hydrogen (secondary N) is 1. The molecule has 2 rings (SSSR count). The fourth-order valence-corrected chi connectivity index (χ4v) is 2.66. The number of amides is 1. The Morgan fingerprint density at radius 1 is 1.27 bits per heavy atom. The monoisotopic (exact) mass is 377 g/mol. The third kappa shape index (κ3) is 5.08. The molecular formula is C19H24ClN3O3. The summed E-state index contributed by atoms with van der Waals surface area (Å²) in [6.45, 7) is 6.56. The maximum Gasteiger partial charge on any atom is 0.307 e. The molecule has 140 valence electrons. The summed E-state index contributed by atoms with van der Waals surface area (Å²) in [4.78, 5) is 24.0. The molecule has 0 aliphatic heterocycles. The molecule has 0 aliphatic rings. The van der Waals surface area contributed by atoms with Crippen molar-refractivity contribution in [1.29, 1.82) is 0 Å². The van der Waals surface area contributed by atoms with Crippen molar-refractivity contribution in [2.75, 3.05) is 13.2 Å². The summed E-state index contributed by atoms with van der Waals surface area (Å²) in [5, 5.41) is 7.76. The third-order valence-corrected chi connectivity index (χ3v) is 4.00. The van der Waals surface area contributed by atoms with E-state index in [1.54, 1.807) is 23.0 Å². The first kappa shape index (κ1) is 20.0. The van der Waals surface area contributed by atoms with E-state index >= 15 is 0 Å². The summed E-state index contributed by atoms with van der Waals surface area (Å²) in [7, 11) is 0. The summed E-state index contributed by atoms with van der Waals surface area (Å²) >= 11 is 5.94. The number of halogens is 1. The lowest BCUT2D eigenvalue weighted by molar-refractivity contribution is -0.143. The zero-order chi connectivity index (χ0) is 19.1. The minimum absolute atomic E-state index is 0.0865. The largest absolute Gasteiger partial charge is 0.466 e. The Hall–Kier alpha value is -2.34. The Morgan fingerprint density at radius 3 is 2.58 bits per heavy atom. The molecule has 1 heterocycles. The normalized spacial score (nSPS) is 10.8. The molecule has 0 radical (unpaired) electrons. The molecule has 2 aromatic rings. The second-order valence-corrected chi connectivity index (χ2v) is 6.65. The molecule has 1 aromatic heterocycles. The van der Waals surface area contributed by atoms with Crippen LogP contribution < -0.4 is 5.32 Å². The van der Waals surface area contributed by atoms with Crippen molar-refractivity contribution >= 4 is 23.5 Å². The van der Waals surface area contributed by atoms with Gasteiger partial charge in [0.2, 0.25) is 0 Å². The van der Waals surface area contributed by atoms with E-state index in [0.717, 1.165) is 17.8 Å². The molecule has 0 bridgehead atoms. The number of aromatic nitrogens is 2. The van der Waals surface area contributed by atoms with Gasteiger partial charge in [0, 0.05) is 11.6 Å². The Labute approximate surface area is 158 Å². The standard InChI is InChI=1S/C19H24ClN3O3/c1-4-11-26-17(24)9-10-21-19(25)16-12-22-23(18(16)13(2)3)15-7-5-14(20)6-8-15/h5-8,12-13H,4,9-11H2,1-3H3,(H,21,25). The molecule has 0 atom stereocenters. The predicted molar refractivity (Wildman–Crippen MR) is 101 cm³/mol. The first-order chi connectivity index (χ1) is 12.4. The Morgan fingerprint density at radius 2 is 1.96 bits per heavy atom. The van der Waals surface area contributed by atoms with E-state index in [4.69, 9.17) is 16.3 Å². The Balaban J connectivity index is 2.10. The number of ether oxygens (including phenoxy) is 1. The minimum atomic E-state index is -0.312. The van der Waals surface area contributed by atoms with Gasteiger partial charge in [0.15, 0.2) is 0 Å². The van der Waals surface area contributed by atoms with Crippen LogP contribution in [0.5, 0.6) is 0 Å². The summed E-state index contributed by atoms with van der Waals surface area (Å²) < 4.78 is 6.74. The van der Waals surface area contributed by atoms with E-state index in [1.165, 1.54) is 0 Å². The first-order valence-electron chi connectivity index (χ1n) is 8.71. The highest BCUT2D eigenvalue weighted by Gasteiger charge is 2.21. The van der Waals surface area contributed by atoms with Gasteiger partial charge in [0.05, 0.1) is 36.2 Å². The van der Waals surface area contributed by atoms with Gasteiger partial charge in [-0.2, -0.15) is 5.10 Å². The van der Waals surface area contributed by atoms with Crippen LogP contribution in [-0.4, -0.2) is 34.8 Å². The van der Waals surface area contributed by atoms with Gasteiger partial charge in [-0.05, 0) is 36.6 Å². The van der Waals surface area contributed by atoms with Gasteiger partial charge in [-0.3, -0.25) is 9.59 Å². The van der Waals surface area contributed by atoms with Crippen molar-refractivity contribution in [3.8, 4) is 5.69 Å². The number of rotatable bonds is 8. The zero-order valence-electron chi connectivity index (χ0n) is 15.3. The van der Waals surface area contributed by atoms with Crippen molar-refractivity contribution < 1.29 is 14.3 Å². The smallest absolute Gasteiger partial charge is 0.307 e. The Bertz CT molecular complexity index is 754. The number of esters is 1. The molecule has 0 unspecified atom stereocenters. The van der Waals surface area contributed by atoms with Gasteiger partial charge in [0.25, 0.3) is 5.91 Å². The van der Waals surface area contributed by atoms with Crippen LogP contribution in [-0.2, 0) is 9.53 Å². The summed E-state index contributed by atoms with van der Waals surface area (Å²) in [6.07, 6.45) is 2.47. The van der Waals surface area contributed by atoms with Crippen LogP contribution in [0.3, 0.4) is 0 Å². The Kier molecular flexibility index (Phi) is 7.21. The van der Waals surface area contributed by atoms with Gasteiger partial charge in [-0.25, -0.2) is 4.68 Å². The number of benzene rings is 1. The summed E-state index contributed by atoms with van der Waals surface area (Å²) in [5.74, 6) is -0.478. The summed E-state index contributed by atoms with van der Waals surface area (Å²) in [6, 6.07) is 7.27. The maximum absolute atomic E-state index is 12.5. The highest BCUT2D eigenvalue weighted by Crippen LogP contribution is 2.24. The number of hydrogen-bond acceptors (Lipinski definition) is 4. The minimum Gasteiger partial charge on any atom is -0.466 e. The van der Waals surface area contributed by atoms with Gasteiger partial charge >= 0.3 is 5.97 Å². The SMILES string of the molecule is CCCOC(=O)CCNC(=O)c1cnn(-c2ccc(Cl)cc2)c1C(C)C. The third-order valence-electron chi connectivity index (χ3n) is 3.75.